The van der Waals surface area contributed by atoms with Gasteiger partial charge in [-0.2, -0.15) is 5.26 Å². The van der Waals surface area contributed by atoms with Crippen molar-refractivity contribution in [2.24, 2.45) is 0 Å². The van der Waals surface area contributed by atoms with Crippen LogP contribution in [-0.4, -0.2) is 13.0 Å². The van der Waals surface area contributed by atoms with Crippen LogP contribution in [0.1, 0.15) is 17.5 Å². The molecule has 0 saturated carbocycles. The van der Waals surface area contributed by atoms with Crippen molar-refractivity contribution in [1.82, 2.24) is 0 Å². The van der Waals surface area contributed by atoms with Crippen LogP contribution < -0.4 is 10.1 Å². The first-order valence-electron chi connectivity index (χ1n) is 6.65. The van der Waals surface area contributed by atoms with Gasteiger partial charge < -0.3 is 10.1 Å². The van der Waals surface area contributed by atoms with Gasteiger partial charge in [0.2, 0.25) is 5.91 Å². The fraction of sp³-hybridized carbons (Fsp3) is 0.176. The summed E-state index contributed by atoms with van der Waals surface area (Å²) in [5.74, 6) is 0.349. The van der Waals surface area contributed by atoms with Crippen molar-refractivity contribution in [1.29, 1.82) is 5.26 Å². The number of rotatable bonds is 5. The lowest BCUT2D eigenvalue weighted by molar-refractivity contribution is -0.116. The van der Waals surface area contributed by atoms with E-state index in [0.29, 0.717) is 29.8 Å². The topological polar surface area (TPSA) is 62.1 Å². The van der Waals surface area contributed by atoms with Gasteiger partial charge in [-0.1, -0.05) is 36.4 Å². The lowest BCUT2D eigenvalue weighted by atomic mass is 10.1. The van der Waals surface area contributed by atoms with Gasteiger partial charge in [-0.05, 0) is 24.1 Å². The van der Waals surface area contributed by atoms with Gasteiger partial charge in [0.1, 0.15) is 17.5 Å². The first kappa shape index (κ1) is 14.6. The molecule has 0 saturated heterocycles. The molecule has 4 heteroatoms. The van der Waals surface area contributed by atoms with Crippen LogP contribution in [-0.2, 0) is 11.2 Å². The highest BCUT2D eigenvalue weighted by Crippen LogP contribution is 2.27. The van der Waals surface area contributed by atoms with Crippen molar-refractivity contribution < 1.29 is 9.53 Å². The molecule has 21 heavy (non-hydrogen) atoms. The summed E-state index contributed by atoms with van der Waals surface area (Å²) in [4.78, 5) is 12.0. The molecule has 0 bridgehead atoms. The minimum absolute atomic E-state index is 0.139. The largest absolute Gasteiger partial charge is 0.495 e. The van der Waals surface area contributed by atoms with Crippen molar-refractivity contribution in [3.05, 3.63) is 59.7 Å². The molecule has 106 valence electrons. The highest BCUT2D eigenvalue weighted by atomic mass is 16.5. The predicted molar refractivity (Wildman–Crippen MR) is 81.1 cm³/mol. The van der Waals surface area contributed by atoms with E-state index in [9.17, 15) is 4.79 Å². The molecular formula is C17H16N2O2. The van der Waals surface area contributed by atoms with Crippen LogP contribution in [0.3, 0.4) is 0 Å². The maximum Gasteiger partial charge on any atom is 0.224 e. The van der Waals surface area contributed by atoms with Crippen LogP contribution >= 0.6 is 0 Å². The number of anilines is 1. The van der Waals surface area contributed by atoms with Gasteiger partial charge in [-0.25, -0.2) is 0 Å². The molecule has 1 amide bonds. The Hall–Kier alpha value is -2.80. The first-order chi connectivity index (χ1) is 10.2. The summed E-state index contributed by atoms with van der Waals surface area (Å²) < 4.78 is 5.19. The number of carbonyl (C=O) groups excluding carboxylic acids is 1. The zero-order chi connectivity index (χ0) is 15.1. The number of nitrogens with zero attached hydrogens (tertiary/aromatic N) is 1. The molecule has 0 unspecified atom stereocenters. The van der Waals surface area contributed by atoms with Crippen molar-refractivity contribution in [2.75, 3.05) is 12.4 Å². The van der Waals surface area contributed by atoms with Gasteiger partial charge in [0.15, 0.2) is 0 Å². The van der Waals surface area contributed by atoms with Crippen molar-refractivity contribution in [2.45, 2.75) is 12.8 Å². The average Bonchev–Trinajstić information content (AvgIpc) is 2.54. The van der Waals surface area contributed by atoms with Crippen molar-refractivity contribution >= 4 is 11.6 Å². The SMILES string of the molecule is COc1cccc(C#N)c1NC(=O)CCc1ccccc1. The lowest BCUT2D eigenvalue weighted by Crippen LogP contribution is -2.14. The molecule has 0 fully saturated rings. The Morgan fingerprint density at radius 1 is 1.19 bits per heavy atom. The standard InChI is InChI=1S/C17H16N2O2/c1-21-15-9-5-8-14(12-18)17(15)19-16(20)11-10-13-6-3-2-4-7-13/h2-9H,10-11H2,1H3,(H,19,20). The zero-order valence-electron chi connectivity index (χ0n) is 11.8. The second kappa shape index (κ2) is 7.11. The Morgan fingerprint density at radius 2 is 1.95 bits per heavy atom. The molecule has 2 aromatic rings. The summed E-state index contributed by atoms with van der Waals surface area (Å²) in [7, 11) is 1.51. The summed E-state index contributed by atoms with van der Waals surface area (Å²) in [6.45, 7) is 0. The summed E-state index contributed by atoms with van der Waals surface area (Å²) in [5.41, 5.74) is 1.93. The first-order valence-corrected chi connectivity index (χ1v) is 6.65. The van der Waals surface area contributed by atoms with Gasteiger partial charge in [-0.15, -0.1) is 0 Å². The number of para-hydroxylation sites is 1. The molecule has 2 rings (SSSR count). The third kappa shape index (κ3) is 3.83. The molecule has 1 N–H and O–H groups in total. The van der Waals surface area contributed by atoms with E-state index in [1.807, 2.05) is 30.3 Å². The Morgan fingerprint density at radius 3 is 2.62 bits per heavy atom. The molecule has 0 aliphatic rings. The van der Waals surface area contributed by atoms with Gasteiger partial charge >= 0.3 is 0 Å². The lowest BCUT2D eigenvalue weighted by Gasteiger charge is -2.11. The number of hydrogen-bond acceptors (Lipinski definition) is 3. The zero-order valence-corrected chi connectivity index (χ0v) is 11.8. The van der Waals surface area contributed by atoms with Crippen LogP contribution in [0.25, 0.3) is 0 Å². The fourth-order valence-corrected chi connectivity index (χ4v) is 2.03. The second-order valence-corrected chi connectivity index (χ2v) is 4.53. The van der Waals surface area contributed by atoms with Gasteiger partial charge in [0.05, 0.1) is 12.7 Å². The fourth-order valence-electron chi connectivity index (χ4n) is 2.03. The molecule has 2 aromatic carbocycles. The molecule has 0 radical (unpaired) electrons. The maximum atomic E-state index is 12.0. The monoisotopic (exact) mass is 280 g/mol. The van der Waals surface area contributed by atoms with Gasteiger partial charge in [0.25, 0.3) is 0 Å². The van der Waals surface area contributed by atoms with E-state index in [1.165, 1.54) is 7.11 Å². The number of benzene rings is 2. The van der Waals surface area contributed by atoms with Gasteiger partial charge in [-0.3, -0.25) is 4.79 Å². The second-order valence-electron chi connectivity index (χ2n) is 4.53. The third-order valence-electron chi connectivity index (χ3n) is 3.11. The van der Waals surface area contributed by atoms with E-state index < -0.39 is 0 Å². The molecule has 0 aliphatic carbocycles. The molecule has 0 atom stereocenters. The number of aryl methyl sites for hydroxylation is 1. The summed E-state index contributed by atoms with van der Waals surface area (Å²) in [5, 5.41) is 11.9. The molecular weight excluding hydrogens is 264 g/mol. The third-order valence-corrected chi connectivity index (χ3v) is 3.11. The Kier molecular flexibility index (Phi) is 4.94. The van der Waals surface area contributed by atoms with E-state index in [4.69, 9.17) is 10.00 Å². The number of hydrogen-bond donors (Lipinski definition) is 1. The quantitative estimate of drug-likeness (QED) is 0.915. The predicted octanol–water partition coefficient (Wildman–Crippen LogP) is 3.14. The minimum Gasteiger partial charge on any atom is -0.495 e. The molecule has 0 aliphatic heterocycles. The number of methoxy groups -OCH3 is 1. The van der Waals surface area contributed by atoms with E-state index in [2.05, 4.69) is 11.4 Å². The van der Waals surface area contributed by atoms with Gasteiger partial charge in [0, 0.05) is 6.42 Å². The maximum absolute atomic E-state index is 12.0. The number of amides is 1. The van der Waals surface area contributed by atoms with Crippen LogP contribution in [0.15, 0.2) is 48.5 Å². The van der Waals surface area contributed by atoms with E-state index in [0.717, 1.165) is 5.56 Å². The van der Waals surface area contributed by atoms with Crippen molar-refractivity contribution in [3.8, 4) is 11.8 Å². The van der Waals surface area contributed by atoms with Crippen LogP contribution in [0.2, 0.25) is 0 Å². The smallest absolute Gasteiger partial charge is 0.224 e. The van der Waals surface area contributed by atoms with E-state index in [-0.39, 0.29) is 5.91 Å². The summed E-state index contributed by atoms with van der Waals surface area (Å²) in [6, 6.07) is 16.9. The number of nitriles is 1. The van der Waals surface area contributed by atoms with Crippen molar-refractivity contribution in [3.63, 3.8) is 0 Å². The summed E-state index contributed by atoms with van der Waals surface area (Å²) in [6.07, 6.45) is 1.01. The Labute approximate surface area is 124 Å². The summed E-state index contributed by atoms with van der Waals surface area (Å²) >= 11 is 0. The van der Waals surface area contributed by atoms with Crippen LogP contribution in [0.5, 0.6) is 5.75 Å². The Bertz CT molecular complexity index is 660. The number of carbonyl (C=O) groups is 1. The Balaban J connectivity index is 2.05. The van der Waals surface area contributed by atoms with E-state index >= 15 is 0 Å². The normalized spacial score (nSPS) is 9.71. The minimum atomic E-state index is -0.139. The average molecular weight is 280 g/mol. The van der Waals surface area contributed by atoms with E-state index in [1.54, 1.807) is 18.2 Å². The number of ether oxygens (including phenoxy) is 1. The van der Waals surface area contributed by atoms with Crippen LogP contribution in [0.4, 0.5) is 5.69 Å². The molecule has 0 spiro atoms. The molecule has 4 nitrogen and oxygen atoms in total. The highest BCUT2D eigenvalue weighted by Gasteiger charge is 2.12. The number of nitrogens with one attached hydrogen (secondary N) is 1. The van der Waals surface area contributed by atoms with Crippen LogP contribution in [0, 0.1) is 11.3 Å². The molecule has 0 heterocycles. The molecule has 0 aromatic heterocycles. The highest BCUT2D eigenvalue weighted by molar-refractivity contribution is 5.94.